The molecule has 7 nitrogen and oxygen atoms in total. The van der Waals surface area contributed by atoms with Crippen molar-refractivity contribution in [1.82, 2.24) is 4.57 Å². The summed E-state index contributed by atoms with van der Waals surface area (Å²) in [7, 11) is 0. The molecule has 3 heterocycles. The molecule has 1 unspecified atom stereocenters. The van der Waals surface area contributed by atoms with E-state index >= 15 is 0 Å². The Labute approximate surface area is 184 Å². The second-order valence-corrected chi connectivity index (χ2v) is 7.82. The predicted molar refractivity (Wildman–Crippen MR) is 112 cm³/mol. The standard InChI is InChI=1S/C22H18F2N2O5S/c1-3-30-20(28)17-12(2)25-22-26(19(27)16(32-22)10-13-8-9-29-11-13)18(17)14-4-6-15(7-5-14)31-21(23)24/h4-11,18,21H,3H2,1-2H3. The summed E-state index contributed by atoms with van der Waals surface area (Å²) in [6, 6.07) is 6.67. The van der Waals surface area contributed by atoms with Gasteiger partial charge < -0.3 is 13.9 Å². The third kappa shape index (κ3) is 4.13. The van der Waals surface area contributed by atoms with Gasteiger partial charge in [-0.25, -0.2) is 9.79 Å². The zero-order valence-electron chi connectivity index (χ0n) is 17.1. The van der Waals surface area contributed by atoms with Crippen molar-refractivity contribution < 1.29 is 27.5 Å². The zero-order chi connectivity index (χ0) is 22.8. The van der Waals surface area contributed by atoms with Crippen molar-refractivity contribution in [2.45, 2.75) is 26.5 Å². The fraction of sp³-hybridized carbons (Fsp3) is 0.227. The number of aromatic nitrogens is 1. The van der Waals surface area contributed by atoms with Crippen molar-refractivity contribution in [2.24, 2.45) is 4.99 Å². The summed E-state index contributed by atoms with van der Waals surface area (Å²) in [6.45, 7) is 0.535. The molecule has 0 bridgehead atoms. The molecule has 0 saturated heterocycles. The molecule has 0 radical (unpaired) electrons. The molecule has 3 aromatic rings. The van der Waals surface area contributed by atoms with Crippen LogP contribution in [0, 0.1) is 0 Å². The first kappa shape index (κ1) is 21.7. The Morgan fingerprint density at radius 3 is 2.69 bits per heavy atom. The Morgan fingerprint density at radius 1 is 1.31 bits per heavy atom. The summed E-state index contributed by atoms with van der Waals surface area (Å²) in [4.78, 5) is 31.0. The summed E-state index contributed by atoms with van der Waals surface area (Å²) in [5.74, 6) is -0.634. The number of hydrogen-bond donors (Lipinski definition) is 0. The first-order valence-corrected chi connectivity index (χ1v) is 10.5. The summed E-state index contributed by atoms with van der Waals surface area (Å²) >= 11 is 1.18. The van der Waals surface area contributed by atoms with Crippen molar-refractivity contribution in [3.05, 3.63) is 84.9 Å². The largest absolute Gasteiger partial charge is 0.472 e. The first-order valence-electron chi connectivity index (χ1n) is 9.65. The number of thiazole rings is 1. The minimum absolute atomic E-state index is 0.0329. The lowest BCUT2D eigenvalue weighted by atomic mass is 9.96. The number of hydrogen-bond acceptors (Lipinski definition) is 7. The van der Waals surface area contributed by atoms with Gasteiger partial charge in [-0.05, 0) is 43.7 Å². The number of nitrogens with zero attached hydrogens (tertiary/aromatic N) is 2. The molecule has 32 heavy (non-hydrogen) atoms. The molecule has 0 N–H and O–H groups in total. The molecule has 0 spiro atoms. The van der Waals surface area contributed by atoms with Crippen LogP contribution in [-0.2, 0) is 9.53 Å². The minimum Gasteiger partial charge on any atom is -0.472 e. The van der Waals surface area contributed by atoms with Gasteiger partial charge in [0.25, 0.3) is 5.56 Å². The molecule has 10 heteroatoms. The highest BCUT2D eigenvalue weighted by atomic mass is 32.1. The second kappa shape index (κ2) is 8.91. The van der Waals surface area contributed by atoms with E-state index < -0.39 is 18.6 Å². The lowest BCUT2D eigenvalue weighted by Crippen LogP contribution is -2.39. The minimum atomic E-state index is -2.96. The Kier molecular flexibility index (Phi) is 6.04. The summed E-state index contributed by atoms with van der Waals surface area (Å²) < 4.78 is 41.6. The van der Waals surface area contributed by atoms with Crippen molar-refractivity contribution in [3.8, 4) is 5.75 Å². The van der Waals surface area contributed by atoms with Gasteiger partial charge in [0.2, 0.25) is 0 Å². The van der Waals surface area contributed by atoms with Crippen molar-refractivity contribution in [1.29, 1.82) is 0 Å². The number of alkyl halides is 2. The van der Waals surface area contributed by atoms with Crippen LogP contribution in [0.15, 0.2) is 68.3 Å². The van der Waals surface area contributed by atoms with Gasteiger partial charge >= 0.3 is 12.6 Å². The van der Waals surface area contributed by atoms with E-state index in [-0.39, 0.29) is 23.5 Å². The third-order valence-corrected chi connectivity index (χ3v) is 5.76. The van der Waals surface area contributed by atoms with E-state index in [9.17, 15) is 18.4 Å². The Morgan fingerprint density at radius 2 is 2.06 bits per heavy atom. The maximum absolute atomic E-state index is 13.3. The summed E-state index contributed by atoms with van der Waals surface area (Å²) in [5.41, 5.74) is 1.51. The smallest absolute Gasteiger partial charge is 0.387 e. The molecule has 166 valence electrons. The molecule has 0 amide bonds. The highest BCUT2D eigenvalue weighted by Gasteiger charge is 2.33. The predicted octanol–water partition coefficient (Wildman–Crippen LogP) is 2.99. The van der Waals surface area contributed by atoms with Crippen LogP contribution in [0.5, 0.6) is 5.75 Å². The molecule has 1 aliphatic rings. The number of halogens is 2. The molecule has 1 atom stereocenters. The number of furan rings is 1. The fourth-order valence-corrected chi connectivity index (χ4v) is 4.49. The summed E-state index contributed by atoms with van der Waals surface area (Å²) in [6.07, 6.45) is 4.68. The van der Waals surface area contributed by atoms with Crippen molar-refractivity contribution in [2.75, 3.05) is 6.61 Å². The highest BCUT2D eigenvalue weighted by molar-refractivity contribution is 7.07. The van der Waals surface area contributed by atoms with Crippen LogP contribution in [0.2, 0.25) is 0 Å². The Hall–Kier alpha value is -3.53. The number of allylic oxidation sites excluding steroid dienone is 1. The molecule has 0 aliphatic carbocycles. The first-order chi connectivity index (χ1) is 15.4. The van der Waals surface area contributed by atoms with Gasteiger partial charge in [-0.1, -0.05) is 23.5 Å². The average molecular weight is 460 g/mol. The van der Waals surface area contributed by atoms with Crippen LogP contribution in [-0.4, -0.2) is 23.8 Å². The second-order valence-electron chi connectivity index (χ2n) is 6.81. The van der Waals surface area contributed by atoms with Crippen LogP contribution in [0.4, 0.5) is 8.78 Å². The van der Waals surface area contributed by atoms with E-state index in [0.29, 0.717) is 26.2 Å². The molecular weight excluding hydrogens is 442 g/mol. The monoisotopic (exact) mass is 460 g/mol. The normalized spacial score (nSPS) is 16.2. The molecular formula is C22H18F2N2O5S. The number of ether oxygens (including phenoxy) is 2. The van der Waals surface area contributed by atoms with Gasteiger partial charge in [0.15, 0.2) is 4.80 Å². The van der Waals surface area contributed by atoms with Crippen LogP contribution < -0.4 is 19.6 Å². The number of carbonyl (C=O) groups excluding carboxylic acids is 1. The van der Waals surface area contributed by atoms with Crippen LogP contribution in [0.25, 0.3) is 6.08 Å². The maximum Gasteiger partial charge on any atom is 0.387 e. The maximum atomic E-state index is 13.3. The number of esters is 1. The van der Waals surface area contributed by atoms with Gasteiger partial charge in [-0.15, -0.1) is 0 Å². The molecule has 4 rings (SSSR count). The van der Waals surface area contributed by atoms with Crippen LogP contribution >= 0.6 is 11.3 Å². The molecule has 1 aliphatic heterocycles. The van der Waals surface area contributed by atoms with Gasteiger partial charge in [0.05, 0.1) is 41.0 Å². The van der Waals surface area contributed by atoms with Crippen LogP contribution in [0.3, 0.4) is 0 Å². The fourth-order valence-electron chi connectivity index (χ4n) is 3.45. The zero-order valence-corrected chi connectivity index (χ0v) is 17.9. The van der Waals surface area contributed by atoms with E-state index in [4.69, 9.17) is 9.15 Å². The highest BCUT2D eigenvalue weighted by Crippen LogP contribution is 2.31. The Bertz CT molecular complexity index is 1340. The van der Waals surface area contributed by atoms with E-state index in [1.165, 1.54) is 52.7 Å². The van der Waals surface area contributed by atoms with Gasteiger partial charge in [0, 0.05) is 5.56 Å². The van der Waals surface area contributed by atoms with E-state index in [0.717, 1.165) is 0 Å². The van der Waals surface area contributed by atoms with Crippen molar-refractivity contribution >= 4 is 23.4 Å². The number of benzene rings is 1. The number of fused-ring (bicyclic) bond motifs is 1. The van der Waals surface area contributed by atoms with Crippen LogP contribution in [0.1, 0.15) is 31.0 Å². The molecule has 0 fully saturated rings. The van der Waals surface area contributed by atoms with Gasteiger partial charge in [0.1, 0.15) is 5.75 Å². The van der Waals surface area contributed by atoms with Crippen molar-refractivity contribution in [3.63, 3.8) is 0 Å². The number of carbonyl (C=O) groups is 1. The average Bonchev–Trinajstić information content (AvgIpc) is 3.36. The number of rotatable bonds is 6. The van der Waals surface area contributed by atoms with E-state index in [2.05, 4.69) is 9.73 Å². The van der Waals surface area contributed by atoms with E-state index in [1.807, 2.05) is 0 Å². The SMILES string of the molecule is CCOC(=O)C1=C(C)N=c2sc(=Cc3ccoc3)c(=O)n2C1c1ccc(OC(F)F)cc1. The van der Waals surface area contributed by atoms with Gasteiger partial charge in [-0.3, -0.25) is 9.36 Å². The van der Waals surface area contributed by atoms with E-state index in [1.54, 1.807) is 26.0 Å². The lowest BCUT2D eigenvalue weighted by Gasteiger charge is -2.24. The Balaban J connectivity index is 1.89. The lowest BCUT2D eigenvalue weighted by molar-refractivity contribution is -0.139. The summed E-state index contributed by atoms with van der Waals surface area (Å²) in [5, 5.41) is 0. The molecule has 2 aromatic heterocycles. The third-order valence-electron chi connectivity index (χ3n) is 4.78. The van der Waals surface area contributed by atoms with Gasteiger partial charge in [-0.2, -0.15) is 8.78 Å². The quantitative estimate of drug-likeness (QED) is 0.528. The molecule has 0 saturated carbocycles. The topological polar surface area (TPSA) is 83.0 Å². The molecule has 1 aromatic carbocycles.